The van der Waals surface area contributed by atoms with Crippen molar-refractivity contribution in [1.82, 2.24) is 19.9 Å². The van der Waals surface area contributed by atoms with E-state index in [2.05, 4.69) is 27.4 Å². The Morgan fingerprint density at radius 1 is 1.22 bits per heavy atom. The molecule has 0 atom stereocenters. The van der Waals surface area contributed by atoms with Crippen LogP contribution in [0.2, 0.25) is 0 Å². The maximum absolute atomic E-state index is 5.42. The Morgan fingerprint density at radius 2 is 2.04 bits per heavy atom. The molecule has 23 heavy (non-hydrogen) atoms. The lowest BCUT2D eigenvalue weighted by Crippen LogP contribution is -2.06. The Hall–Kier alpha value is -2.47. The minimum Gasteiger partial charge on any atom is -0.374 e. The molecule has 3 rings (SSSR count). The summed E-state index contributed by atoms with van der Waals surface area (Å²) in [4.78, 5) is 4.59. The Morgan fingerprint density at radius 3 is 2.74 bits per heavy atom. The molecule has 2 aromatic heterocycles. The van der Waals surface area contributed by atoms with E-state index < -0.39 is 0 Å². The van der Waals surface area contributed by atoms with Gasteiger partial charge in [0.25, 0.3) is 0 Å². The molecule has 0 aliphatic rings. The van der Waals surface area contributed by atoms with Crippen molar-refractivity contribution in [3.63, 3.8) is 0 Å². The third-order valence-electron chi connectivity index (χ3n) is 3.60. The van der Waals surface area contributed by atoms with Crippen molar-refractivity contribution in [3.05, 3.63) is 53.7 Å². The summed E-state index contributed by atoms with van der Waals surface area (Å²) in [6.07, 6.45) is 2.57. The zero-order valence-corrected chi connectivity index (χ0v) is 13.4. The van der Waals surface area contributed by atoms with Gasteiger partial charge in [0, 0.05) is 13.2 Å². The van der Waals surface area contributed by atoms with E-state index in [1.54, 1.807) is 6.20 Å². The van der Waals surface area contributed by atoms with Crippen molar-refractivity contribution in [2.45, 2.75) is 33.4 Å². The van der Waals surface area contributed by atoms with Gasteiger partial charge in [-0.15, -0.1) is 0 Å². The van der Waals surface area contributed by atoms with Crippen molar-refractivity contribution in [2.75, 3.05) is 6.61 Å². The highest BCUT2D eigenvalue weighted by Gasteiger charge is 2.16. The Labute approximate surface area is 135 Å². The molecular formula is C17H20N4O2. The Bertz CT molecular complexity index is 749. The normalized spacial score (nSPS) is 11.0. The maximum Gasteiger partial charge on any atom is 0.176 e. The standard InChI is InChI=1S/C17H20N4O2/c1-3-22-12-16-19-17(15-11-18-23-13(15)2)21(20-16)10-9-14-7-5-4-6-8-14/h4-8,11H,3,9-10,12H2,1-2H3. The highest BCUT2D eigenvalue weighted by atomic mass is 16.5. The first-order valence-corrected chi connectivity index (χ1v) is 7.75. The largest absolute Gasteiger partial charge is 0.374 e. The molecule has 0 aliphatic heterocycles. The van der Waals surface area contributed by atoms with E-state index in [-0.39, 0.29) is 0 Å². The second kappa shape index (κ2) is 7.19. The minimum absolute atomic E-state index is 0.409. The lowest BCUT2D eigenvalue weighted by atomic mass is 10.1. The molecule has 0 bridgehead atoms. The molecule has 0 fully saturated rings. The van der Waals surface area contributed by atoms with Gasteiger partial charge in [0.1, 0.15) is 12.4 Å². The van der Waals surface area contributed by atoms with Gasteiger partial charge in [-0.05, 0) is 25.8 Å². The van der Waals surface area contributed by atoms with E-state index in [0.29, 0.717) is 19.0 Å². The molecule has 0 amide bonds. The van der Waals surface area contributed by atoms with E-state index >= 15 is 0 Å². The molecule has 6 heteroatoms. The highest BCUT2D eigenvalue weighted by Crippen LogP contribution is 2.21. The van der Waals surface area contributed by atoms with E-state index in [9.17, 15) is 0 Å². The lowest BCUT2D eigenvalue weighted by Gasteiger charge is -2.05. The lowest BCUT2D eigenvalue weighted by molar-refractivity contribution is 0.128. The van der Waals surface area contributed by atoms with Crippen LogP contribution >= 0.6 is 0 Å². The first-order valence-electron chi connectivity index (χ1n) is 7.75. The summed E-state index contributed by atoms with van der Waals surface area (Å²) >= 11 is 0. The number of aryl methyl sites for hydroxylation is 3. The molecule has 0 saturated heterocycles. The third-order valence-corrected chi connectivity index (χ3v) is 3.60. The number of aromatic nitrogens is 4. The zero-order chi connectivity index (χ0) is 16.1. The summed E-state index contributed by atoms with van der Waals surface area (Å²) in [6, 6.07) is 10.3. The summed E-state index contributed by atoms with van der Waals surface area (Å²) in [6.45, 7) is 5.62. The Kier molecular flexibility index (Phi) is 4.83. The smallest absolute Gasteiger partial charge is 0.176 e. The number of nitrogens with zero attached hydrogens (tertiary/aromatic N) is 4. The second-order valence-electron chi connectivity index (χ2n) is 5.24. The number of ether oxygens (including phenoxy) is 1. The van der Waals surface area contributed by atoms with Gasteiger partial charge in [-0.2, -0.15) is 5.10 Å². The molecule has 0 saturated carbocycles. The van der Waals surface area contributed by atoms with Gasteiger partial charge in [-0.1, -0.05) is 35.5 Å². The van der Waals surface area contributed by atoms with Crippen LogP contribution in [0, 0.1) is 6.92 Å². The third kappa shape index (κ3) is 3.65. The van der Waals surface area contributed by atoms with Crippen LogP contribution in [-0.2, 0) is 24.3 Å². The fraction of sp³-hybridized carbons (Fsp3) is 0.353. The minimum atomic E-state index is 0.409. The quantitative estimate of drug-likeness (QED) is 0.671. The highest BCUT2D eigenvalue weighted by molar-refractivity contribution is 5.55. The van der Waals surface area contributed by atoms with Crippen LogP contribution in [0.1, 0.15) is 24.1 Å². The van der Waals surface area contributed by atoms with Gasteiger partial charge in [0.15, 0.2) is 11.6 Å². The summed E-state index contributed by atoms with van der Waals surface area (Å²) < 4.78 is 12.5. The number of rotatable bonds is 7. The van der Waals surface area contributed by atoms with Crippen molar-refractivity contribution in [2.24, 2.45) is 0 Å². The van der Waals surface area contributed by atoms with E-state index in [1.165, 1.54) is 5.56 Å². The van der Waals surface area contributed by atoms with Gasteiger partial charge in [0.05, 0.1) is 11.8 Å². The van der Waals surface area contributed by atoms with Gasteiger partial charge in [0.2, 0.25) is 0 Å². The summed E-state index contributed by atoms with van der Waals surface area (Å²) in [5.41, 5.74) is 2.13. The van der Waals surface area contributed by atoms with Crippen LogP contribution in [0.3, 0.4) is 0 Å². The van der Waals surface area contributed by atoms with E-state index in [0.717, 1.165) is 30.1 Å². The fourth-order valence-corrected chi connectivity index (χ4v) is 2.39. The van der Waals surface area contributed by atoms with Gasteiger partial charge < -0.3 is 9.26 Å². The van der Waals surface area contributed by atoms with Gasteiger partial charge in [-0.3, -0.25) is 0 Å². The number of hydrogen-bond donors (Lipinski definition) is 0. The summed E-state index contributed by atoms with van der Waals surface area (Å²) in [5, 5.41) is 8.41. The van der Waals surface area contributed by atoms with Crippen LogP contribution < -0.4 is 0 Å². The topological polar surface area (TPSA) is 66.0 Å². The van der Waals surface area contributed by atoms with Crippen LogP contribution in [0.15, 0.2) is 41.1 Å². The van der Waals surface area contributed by atoms with Crippen molar-refractivity contribution < 1.29 is 9.26 Å². The molecule has 0 unspecified atom stereocenters. The monoisotopic (exact) mass is 312 g/mol. The van der Waals surface area contributed by atoms with Crippen LogP contribution in [0.5, 0.6) is 0 Å². The molecule has 0 aliphatic carbocycles. The van der Waals surface area contributed by atoms with Crippen LogP contribution in [-0.4, -0.2) is 26.5 Å². The van der Waals surface area contributed by atoms with Gasteiger partial charge >= 0.3 is 0 Å². The van der Waals surface area contributed by atoms with Crippen molar-refractivity contribution >= 4 is 0 Å². The molecule has 120 valence electrons. The predicted molar refractivity (Wildman–Crippen MR) is 85.7 cm³/mol. The van der Waals surface area contributed by atoms with E-state index in [4.69, 9.17) is 9.26 Å². The van der Waals surface area contributed by atoms with Crippen molar-refractivity contribution in [1.29, 1.82) is 0 Å². The number of benzene rings is 1. The molecule has 3 aromatic rings. The first-order chi connectivity index (χ1) is 11.3. The second-order valence-corrected chi connectivity index (χ2v) is 5.24. The van der Waals surface area contributed by atoms with Crippen molar-refractivity contribution in [3.8, 4) is 11.4 Å². The predicted octanol–water partition coefficient (Wildman–Crippen LogP) is 3.02. The molecule has 1 aromatic carbocycles. The fourth-order valence-electron chi connectivity index (χ4n) is 2.39. The van der Waals surface area contributed by atoms with Gasteiger partial charge in [-0.25, -0.2) is 9.67 Å². The Balaban J connectivity index is 1.84. The summed E-state index contributed by atoms with van der Waals surface area (Å²) in [7, 11) is 0. The molecular weight excluding hydrogens is 292 g/mol. The van der Waals surface area contributed by atoms with E-state index in [1.807, 2.05) is 36.7 Å². The average molecular weight is 312 g/mol. The zero-order valence-electron chi connectivity index (χ0n) is 13.4. The molecule has 0 spiro atoms. The number of hydrogen-bond acceptors (Lipinski definition) is 5. The first kappa shape index (κ1) is 15.4. The molecule has 6 nitrogen and oxygen atoms in total. The summed E-state index contributed by atoms with van der Waals surface area (Å²) in [5.74, 6) is 2.19. The SMILES string of the molecule is CCOCc1nc(-c2cnoc2C)n(CCc2ccccc2)n1. The molecule has 0 N–H and O–H groups in total. The van der Waals surface area contributed by atoms with Crippen LogP contribution in [0.25, 0.3) is 11.4 Å². The van der Waals surface area contributed by atoms with Crippen LogP contribution in [0.4, 0.5) is 0 Å². The molecule has 0 radical (unpaired) electrons. The average Bonchev–Trinajstić information content (AvgIpc) is 3.17. The maximum atomic E-state index is 5.42. The molecule has 2 heterocycles.